The molecule has 0 spiro atoms. The molecule has 0 amide bonds. The smallest absolute Gasteiger partial charge is 0.435 e. The molecule has 1 aromatic carbocycles. The maximum Gasteiger partial charge on any atom is 0.435 e. The van der Waals surface area contributed by atoms with Crippen LogP contribution in [0.15, 0.2) is 12.1 Å². The molecule has 0 aliphatic rings. The summed E-state index contributed by atoms with van der Waals surface area (Å²) in [5.41, 5.74) is -3.06. The highest BCUT2D eigenvalue weighted by atomic mass is 19.4. The monoisotopic (exact) mass is 326 g/mol. The van der Waals surface area contributed by atoms with Crippen molar-refractivity contribution in [3.63, 3.8) is 0 Å². The van der Waals surface area contributed by atoms with E-state index in [1.54, 1.807) is 0 Å². The van der Waals surface area contributed by atoms with E-state index in [0.717, 1.165) is 26.4 Å². The minimum atomic E-state index is -4.96. The molecule has 22 heavy (non-hydrogen) atoms. The summed E-state index contributed by atoms with van der Waals surface area (Å²) >= 11 is 0. The highest BCUT2D eigenvalue weighted by Crippen LogP contribution is 2.42. The van der Waals surface area contributed by atoms with Crippen LogP contribution in [0, 0.1) is 0 Å². The molecule has 0 saturated carbocycles. The van der Waals surface area contributed by atoms with Crippen LogP contribution in [-0.4, -0.2) is 24.4 Å². The van der Waals surface area contributed by atoms with Crippen LogP contribution in [0.25, 0.3) is 10.8 Å². The molecule has 2 aromatic rings. The number of halogens is 6. The number of ether oxygens (including phenoxy) is 2. The number of benzene rings is 1. The van der Waals surface area contributed by atoms with Gasteiger partial charge in [0.05, 0.1) is 14.2 Å². The third kappa shape index (κ3) is 2.72. The zero-order valence-electron chi connectivity index (χ0n) is 11.1. The number of hydrogen-bond acceptors (Lipinski definition) is 4. The molecule has 10 heteroatoms. The number of fused-ring (bicyclic) bond motifs is 1. The second kappa shape index (κ2) is 5.18. The van der Waals surface area contributed by atoms with Crippen LogP contribution < -0.4 is 9.47 Å². The second-order valence-electron chi connectivity index (χ2n) is 4.15. The van der Waals surface area contributed by atoms with Gasteiger partial charge < -0.3 is 9.47 Å². The zero-order valence-corrected chi connectivity index (χ0v) is 11.1. The number of aromatic nitrogens is 2. The predicted octanol–water partition coefficient (Wildman–Crippen LogP) is 3.68. The van der Waals surface area contributed by atoms with E-state index in [-0.39, 0.29) is 11.5 Å². The molecular weight excluding hydrogens is 318 g/mol. The summed E-state index contributed by atoms with van der Waals surface area (Å²) < 4.78 is 87.1. The largest absolute Gasteiger partial charge is 0.493 e. The normalized spacial score (nSPS) is 12.5. The van der Waals surface area contributed by atoms with Gasteiger partial charge in [-0.2, -0.15) is 26.3 Å². The first kappa shape index (κ1) is 16.1. The van der Waals surface area contributed by atoms with E-state index in [2.05, 4.69) is 10.2 Å². The Hall–Kier alpha value is -2.26. The molecule has 0 radical (unpaired) electrons. The Morgan fingerprint density at radius 2 is 1.05 bits per heavy atom. The quantitative estimate of drug-likeness (QED) is 0.790. The standard InChI is InChI=1S/C12H8F6N2O2/c1-21-7-3-5-6(4-8(7)22-2)10(12(16,17)18)20-19-9(5)11(13,14)15/h3-4H,1-2H3. The Morgan fingerprint density at radius 3 is 1.27 bits per heavy atom. The Morgan fingerprint density at radius 1 is 0.727 bits per heavy atom. The summed E-state index contributed by atoms with van der Waals surface area (Å²) in [6.07, 6.45) is -9.93. The molecule has 4 nitrogen and oxygen atoms in total. The summed E-state index contributed by atoms with van der Waals surface area (Å²) in [6.45, 7) is 0. The maximum atomic E-state index is 12.9. The van der Waals surface area contributed by atoms with Gasteiger partial charge in [-0.3, -0.25) is 0 Å². The highest BCUT2D eigenvalue weighted by molar-refractivity contribution is 5.90. The van der Waals surface area contributed by atoms with E-state index >= 15 is 0 Å². The van der Waals surface area contributed by atoms with Crippen molar-refractivity contribution >= 4 is 10.8 Å². The number of alkyl halides is 6. The molecule has 0 aliphatic heterocycles. The first-order chi connectivity index (χ1) is 10.1. The van der Waals surface area contributed by atoms with Crippen molar-refractivity contribution in [2.75, 3.05) is 14.2 Å². The fraction of sp³-hybridized carbons (Fsp3) is 0.333. The van der Waals surface area contributed by atoms with Crippen molar-refractivity contribution in [2.24, 2.45) is 0 Å². The summed E-state index contributed by atoms with van der Waals surface area (Å²) in [5, 5.41) is 3.83. The molecule has 1 aromatic heterocycles. The predicted molar refractivity (Wildman–Crippen MR) is 62.6 cm³/mol. The molecule has 0 N–H and O–H groups in total. The van der Waals surface area contributed by atoms with Gasteiger partial charge in [-0.15, -0.1) is 10.2 Å². The number of hydrogen-bond donors (Lipinski definition) is 0. The molecule has 0 atom stereocenters. The van der Waals surface area contributed by atoms with E-state index in [1.165, 1.54) is 0 Å². The highest BCUT2D eigenvalue weighted by Gasteiger charge is 2.41. The van der Waals surface area contributed by atoms with Crippen molar-refractivity contribution in [3.05, 3.63) is 23.5 Å². The van der Waals surface area contributed by atoms with Gasteiger partial charge in [-0.25, -0.2) is 0 Å². The average Bonchev–Trinajstić information content (AvgIpc) is 2.42. The third-order valence-corrected chi connectivity index (χ3v) is 2.82. The molecule has 0 saturated heterocycles. The second-order valence-corrected chi connectivity index (χ2v) is 4.15. The Kier molecular flexibility index (Phi) is 3.80. The van der Waals surface area contributed by atoms with Crippen molar-refractivity contribution < 1.29 is 35.8 Å². The third-order valence-electron chi connectivity index (χ3n) is 2.82. The van der Waals surface area contributed by atoms with Crippen molar-refractivity contribution in [2.45, 2.75) is 12.4 Å². The van der Waals surface area contributed by atoms with Crippen molar-refractivity contribution in [1.82, 2.24) is 10.2 Å². The first-order valence-corrected chi connectivity index (χ1v) is 5.66. The van der Waals surface area contributed by atoms with E-state index in [0.29, 0.717) is 0 Å². The van der Waals surface area contributed by atoms with Crippen LogP contribution in [0.5, 0.6) is 11.5 Å². The lowest BCUT2D eigenvalue weighted by Gasteiger charge is -2.15. The minimum Gasteiger partial charge on any atom is -0.493 e. The molecule has 2 rings (SSSR count). The Balaban J connectivity index is 2.94. The van der Waals surface area contributed by atoms with E-state index in [1.807, 2.05) is 0 Å². The fourth-order valence-corrected chi connectivity index (χ4v) is 1.90. The minimum absolute atomic E-state index is 0.151. The zero-order chi connectivity index (χ0) is 16.7. The summed E-state index contributed by atoms with van der Waals surface area (Å²) in [4.78, 5) is 0. The topological polar surface area (TPSA) is 44.2 Å². The Bertz CT molecular complexity index is 651. The molecular formula is C12H8F6N2O2. The van der Waals surface area contributed by atoms with Crippen LogP contribution in [-0.2, 0) is 12.4 Å². The van der Waals surface area contributed by atoms with Gasteiger partial charge in [0.15, 0.2) is 22.9 Å². The summed E-state index contributed by atoms with van der Waals surface area (Å²) in [6, 6.07) is 1.59. The molecule has 0 bridgehead atoms. The average molecular weight is 326 g/mol. The van der Waals surface area contributed by atoms with Gasteiger partial charge >= 0.3 is 12.4 Å². The number of rotatable bonds is 2. The lowest BCUT2D eigenvalue weighted by Crippen LogP contribution is -2.16. The van der Waals surface area contributed by atoms with Crippen molar-refractivity contribution in [3.8, 4) is 11.5 Å². The number of methoxy groups -OCH3 is 2. The Labute approximate surface area is 119 Å². The maximum absolute atomic E-state index is 12.9. The van der Waals surface area contributed by atoms with Crippen LogP contribution in [0.4, 0.5) is 26.3 Å². The SMILES string of the molecule is COc1cc2c(C(F)(F)F)nnc(C(F)(F)F)c2cc1OC. The van der Waals surface area contributed by atoms with Gasteiger partial charge in [0.1, 0.15) is 0 Å². The van der Waals surface area contributed by atoms with Crippen LogP contribution in [0.1, 0.15) is 11.4 Å². The lowest BCUT2D eigenvalue weighted by molar-refractivity contribution is -0.145. The van der Waals surface area contributed by atoms with E-state index in [9.17, 15) is 26.3 Å². The molecule has 0 fully saturated rings. The number of nitrogens with zero attached hydrogens (tertiary/aromatic N) is 2. The van der Waals surface area contributed by atoms with E-state index < -0.39 is 34.5 Å². The van der Waals surface area contributed by atoms with Gasteiger partial charge in [0.25, 0.3) is 0 Å². The van der Waals surface area contributed by atoms with Gasteiger partial charge in [-0.05, 0) is 12.1 Å². The molecule has 0 unspecified atom stereocenters. The van der Waals surface area contributed by atoms with Gasteiger partial charge in [0.2, 0.25) is 0 Å². The lowest BCUT2D eigenvalue weighted by atomic mass is 10.1. The van der Waals surface area contributed by atoms with Crippen LogP contribution in [0.3, 0.4) is 0 Å². The first-order valence-electron chi connectivity index (χ1n) is 5.66. The molecule has 1 heterocycles. The van der Waals surface area contributed by atoms with Crippen LogP contribution in [0.2, 0.25) is 0 Å². The van der Waals surface area contributed by atoms with E-state index in [4.69, 9.17) is 9.47 Å². The van der Waals surface area contributed by atoms with Gasteiger partial charge in [0, 0.05) is 10.8 Å². The molecule has 0 aliphatic carbocycles. The van der Waals surface area contributed by atoms with Crippen LogP contribution >= 0.6 is 0 Å². The van der Waals surface area contributed by atoms with Gasteiger partial charge in [-0.1, -0.05) is 0 Å². The fourth-order valence-electron chi connectivity index (χ4n) is 1.90. The summed E-state index contributed by atoms with van der Waals surface area (Å²) in [5.74, 6) is -0.303. The molecule has 120 valence electrons. The summed E-state index contributed by atoms with van der Waals surface area (Å²) in [7, 11) is 2.30. The van der Waals surface area contributed by atoms with Crippen molar-refractivity contribution in [1.29, 1.82) is 0 Å².